The summed E-state index contributed by atoms with van der Waals surface area (Å²) in [6.07, 6.45) is 6.14. The predicted molar refractivity (Wildman–Crippen MR) is 61.7 cm³/mol. The van der Waals surface area contributed by atoms with Crippen molar-refractivity contribution in [3.05, 3.63) is 60.4 Å². The van der Waals surface area contributed by atoms with Crippen molar-refractivity contribution in [2.45, 2.75) is 0 Å². The summed E-state index contributed by atoms with van der Waals surface area (Å²) in [5.74, 6) is -0.922. The van der Waals surface area contributed by atoms with Crippen LogP contribution in [0.3, 0.4) is 0 Å². The molecule has 1 aromatic carbocycles. The van der Waals surface area contributed by atoms with Gasteiger partial charge in [0.1, 0.15) is 0 Å². The van der Waals surface area contributed by atoms with E-state index in [1.807, 2.05) is 36.4 Å². The molecule has 0 saturated heterocycles. The second-order valence-corrected chi connectivity index (χ2v) is 2.85. The fourth-order valence-corrected chi connectivity index (χ4v) is 0.947. The minimum Gasteiger partial charge on any atom is -0.478 e. The normalized spacial score (nSPS) is 9.50. The molecule has 0 unspecified atom stereocenters. The molecule has 16 heavy (non-hydrogen) atoms. The SMILES string of the molecule is O=C(O)/C=C/c1ccccc1.c1cn[nH]c1. The van der Waals surface area contributed by atoms with Gasteiger partial charge in [0.05, 0.1) is 0 Å². The number of aromatic amines is 1. The Morgan fingerprint density at radius 2 is 2.00 bits per heavy atom. The molecule has 0 amide bonds. The number of hydrogen-bond acceptors (Lipinski definition) is 2. The first-order chi connectivity index (χ1) is 7.79. The first kappa shape index (κ1) is 11.7. The average molecular weight is 216 g/mol. The lowest BCUT2D eigenvalue weighted by atomic mass is 10.2. The largest absolute Gasteiger partial charge is 0.478 e. The molecule has 0 saturated carbocycles. The van der Waals surface area contributed by atoms with Crippen LogP contribution < -0.4 is 0 Å². The first-order valence-electron chi connectivity index (χ1n) is 4.69. The van der Waals surface area contributed by atoms with E-state index in [0.29, 0.717) is 0 Å². The maximum absolute atomic E-state index is 10.1. The first-order valence-corrected chi connectivity index (χ1v) is 4.69. The van der Waals surface area contributed by atoms with E-state index in [1.165, 1.54) is 0 Å². The summed E-state index contributed by atoms with van der Waals surface area (Å²) in [5, 5.41) is 14.5. The minimum absolute atomic E-state index is 0.898. The fourth-order valence-electron chi connectivity index (χ4n) is 0.947. The number of aliphatic carboxylic acids is 1. The summed E-state index contributed by atoms with van der Waals surface area (Å²) in [6.45, 7) is 0. The molecule has 2 rings (SSSR count). The molecule has 4 heteroatoms. The molecule has 1 heterocycles. The van der Waals surface area contributed by atoms with E-state index in [0.717, 1.165) is 11.6 Å². The van der Waals surface area contributed by atoms with E-state index in [4.69, 9.17) is 5.11 Å². The van der Waals surface area contributed by atoms with Crippen LogP contribution in [-0.4, -0.2) is 21.3 Å². The average Bonchev–Trinajstić information content (AvgIpc) is 2.86. The van der Waals surface area contributed by atoms with Gasteiger partial charge in [0, 0.05) is 18.5 Å². The number of aromatic nitrogens is 2. The Hall–Kier alpha value is -2.36. The van der Waals surface area contributed by atoms with Crippen LogP contribution in [0.2, 0.25) is 0 Å². The van der Waals surface area contributed by atoms with Crippen LogP contribution in [0, 0.1) is 0 Å². The highest BCUT2D eigenvalue weighted by Gasteiger charge is 1.85. The number of nitrogens with zero attached hydrogens (tertiary/aromatic N) is 1. The summed E-state index contributed by atoms with van der Waals surface area (Å²) in [4.78, 5) is 10.1. The van der Waals surface area contributed by atoms with Gasteiger partial charge in [0.15, 0.2) is 0 Å². The third-order valence-corrected chi connectivity index (χ3v) is 1.62. The van der Waals surface area contributed by atoms with Crippen LogP contribution in [0.5, 0.6) is 0 Å². The monoisotopic (exact) mass is 216 g/mol. The number of H-pyrrole nitrogens is 1. The Kier molecular flexibility index (Phi) is 5.13. The molecule has 0 aliphatic carbocycles. The van der Waals surface area contributed by atoms with Gasteiger partial charge in [-0.1, -0.05) is 30.3 Å². The minimum atomic E-state index is -0.922. The zero-order valence-corrected chi connectivity index (χ0v) is 8.58. The molecule has 0 radical (unpaired) electrons. The summed E-state index contributed by atoms with van der Waals surface area (Å²) in [7, 11) is 0. The number of nitrogens with one attached hydrogen (secondary N) is 1. The highest BCUT2D eigenvalue weighted by molar-refractivity contribution is 5.85. The molecule has 82 valence electrons. The zero-order valence-electron chi connectivity index (χ0n) is 8.58. The van der Waals surface area contributed by atoms with Gasteiger partial charge in [0.2, 0.25) is 0 Å². The van der Waals surface area contributed by atoms with Gasteiger partial charge in [-0.3, -0.25) is 5.10 Å². The molecule has 2 N–H and O–H groups in total. The van der Waals surface area contributed by atoms with Crippen LogP contribution in [0.15, 0.2) is 54.9 Å². The Morgan fingerprint density at radius 1 is 1.25 bits per heavy atom. The second-order valence-electron chi connectivity index (χ2n) is 2.85. The van der Waals surface area contributed by atoms with E-state index in [-0.39, 0.29) is 0 Å². The number of carboxylic acids is 1. The van der Waals surface area contributed by atoms with Crippen molar-refractivity contribution in [2.75, 3.05) is 0 Å². The van der Waals surface area contributed by atoms with Gasteiger partial charge in [-0.25, -0.2) is 4.79 Å². The Balaban J connectivity index is 0.000000212. The predicted octanol–water partition coefficient (Wildman–Crippen LogP) is 2.19. The van der Waals surface area contributed by atoms with E-state index in [1.54, 1.807) is 18.5 Å². The summed E-state index contributed by atoms with van der Waals surface area (Å²) in [6, 6.07) is 11.1. The summed E-state index contributed by atoms with van der Waals surface area (Å²) >= 11 is 0. The number of hydrogen-bond donors (Lipinski definition) is 2. The lowest BCUT2D eigenvalue weighted by Gasteiger charge is -1.87. The van der Waals surface area contributed by atoms with Crippen molar-refractivity contribution in [3.63, 3.8) is 0 Å². The molecular formula is C12H12N2O2. The maximum atomic E-state index is 10.1. The van der Waals surface area contributed by atoms with Crippen LogP contribution in [-0.2, 0) is 4.79 Å². The third-order valence-electron chi connectivity index (χ3n) is 1.62. The van der Waals surface area contributed by atoms with Gasteiger partial charge < -0.3 is 5.11 Å². The molecule has 0 bridgehead atoms. The molecule has 0 spiro atoms. The molecule has 4 nitrogen and oxygen atoms in total. The third kappa shape index (κ3) is 5.39. The second kappa shape index (κ2) is 7.00. The number of carbonyl (C=O) groups is 1. The highest BCUT2D eigenvalue weighted by Crippen LogP contribution is 1.99. The van der Waals surface area contributed by atoms with Crippen molar-refractivity contribution in [1.82, 2.24) is 10.2 Å². The number of carboxylic acid groups (broad SMARTS) is 1. The molecule has 1 aromatic heterocycles. The van der Waals surface area contributed by atoms with Crippen molar-refractivity contribution in [3.8, 4) is 0 Å². The van der Waals surface area contributed by atoms with E-state index < -0.39 is 5.97 Å². The standard InChI is InChI=1S/C9H8O2.C3H4N2/c10-9(11)7-6-8-4-2-1-3-5-8;1-2-4-5-3-1/h1-7H,(H,10,11);1-3H,(H,4,5)/b7-6+;. The highest BCUT2D eigenvalue weighted by atomic mass is 16.4. The molecule has 2 aromatic rings. The maximum Gasteiger partial charge on any atom is 0.328 e. The van der Waals surface area contributed by atoms with Gasteiger partial charge in [-0.15, -0.1) is 0 Å². The molecule has 0 aliphatic rings. The van der Waals surface area contributed by atoms with Gasteiger partial charge in [0.25, 0.3) is 0 Å². The van der Waals surface area contributed by atoms with Crippen molar-refractivity contribution in [1.29, 1.82) is 0 Å². The summed E-state index contributed by atoms with van der Waals surface area (Å²) < 4.78 is 0. The van der Waals surface area contributed by atoms with Crippen LogP contribution in [0.25, 0.3) is 6.08 Å². The lowest BCUT2D eigenvalue weighted by molar-refractivity contribution is -0.131. The van der Waals surface area contributed by atoms with Gasteiger partial charge >= 0.3 is 5.97 Å². The van der Waals surface area contributed by atoms with Crippen molar-refractivity contribution >= 4 is 12.0 Å². The fraction of sp³-hybridized carbons (Fsp3) is 0. The van der Waals surface area contributed by atoms with Crippen LogP contribution >= 0.6 is 0 Å². The Morgan fingerprint density at radius 3 is 2.44 bits per heavy atom. The molecular weight excluding hydrogens is 204 g/mol. The van der Waals surface area contributed by atoms with Crippen molar-refractivity contribution in [2.24, 2.45) is 0 Å². The zero-order chi connectivity index (χ0) is 11.6. The van der Waals surface area contributed by atoms with Gasteiger partial charge in [-0.05, 0) is 17.7 Å². The summed E-state index contributed by atoms with van der Waals surface area (Å²) in [5.41, 5.74) is 0.898. The number of benzene rings is 1. The van der Waals surface area contributed by atoms with Gasteiger partial charge in [-0.2, -0.15) is 5.10 Å². The van der Waals surface area contributed by atoms with Crippen molar-refractivity contribution < 1.29 is 9.90 Å². The molecule has 0 fully saturated rings. The topological polar surface area (TPSA) is 66.0 Å². The Bertz CT molecular complexity index is 404. The quantitative estimate of drug-likeness (QED) is 0.756. The lowest BCUT2D eigenvalue weighted by Crippen LogP contribution is -1.85. The van der Waals surface area contributed by atoms with Crippen LogP contribution in [0.4, 0.5) is 0 Å². The van der Waals surface area contributed by atoms with Crippen LogP contribution in [0.1, 0.15) is 5.56 Å². The Labute approximate surface area is 93.3 Å². The van der Waals surface area contributed by atoms with E-state index in [2.05, 4.69) is 10.2 Å². The smallest absolute Gasteiger partial charge is 0.328 e. The number of rotatable bonds is 2. The van der Waals surface area contributed by atoms with E-state index >= 15 is 0 Å². The molecule has 0 aliphatic heterocycles. The van der Waals surface area contributed by atoms with E-state index in [9.17, 15) is 4.79 Å². The molecule has 0 atom stereocenters.